The Morgan fingerprint density at radius 3 is 2.65 bits per heavy atom. The lowest BCUT2D eigenvalue weighted by Crippen LogP contribution is -2.26. The summed E-state index contributed by atoms with van der Waals surface area (Å²) in [5, 5.41) is 16.4. The standard InChI is InChI=1S/C15H18N2O2S/c1-11-6-4-7-12(14(11)17(18)19)16-10-15(2,3)13-8-5-9-20-13/h4-9,16H,10H2,1-3H3. The molecule has 20 heavy (non-hydrogen) atoms. The van der Waals surface area contributed by atoms with Gasteiger partial charge in [0.1, 0.15) is 5.69 Å². The predicted molar refractivity (Wildman–Crippen MR) is 83.7 cm³/mol. The molecule has 0 radical (unpaired) electrons. The number of anilines is 1. The molecule has 0 fully saturated rings. The summed E-state index contributed by atoms with van der Waals surface area (Å²) in [7, 11) is 0. The molecule has 0 saturated carbocycles. The van der Waals surface area contributed by atoms with Crippen LogP contribution in [0.15, 0.2) is 35.7 Å². The zero-order valence-corrected chi connectivity index (χ0v) is 12.7. The lowest BCUT2D eigenvalue weighted by molar-refractivity contribution is -0.384. The maximum absolute atomic E-state index is 11.2. The minimum Gasteiger partial charge on any atom is -0.379 e. The third kappa shape index (κ3) is 2.99. The molecule has 0 aliphatic heterocycles. The van der Waals surface area contributed by atoms with Crippen molar-refractivity contribution < 1.29 is 4.92 Å². The predicted octanol–water partition coefficient (Wildman–Crippen LogP) is 4.35. The Balaban J connectivity index is 2.20. The fraction of sp³-hybridized carbons (Fsp3) is 0.333. The monoisotopic (exact) mass is 290 g/mol. The fourth-order valence-corrected chi connectivity index (χ4v) is 2.96. The van der Waals surface area contributed by atoms with E-state index in [-0.39, 0.29) is 16.0 Å². The van der Waals surface area contributed by atoms with Crippen LogP contribution in [0.2, 0.25) is 0 Å². The molecule has 106 valence electrons. The first-order valence-electron chi connectivity index (χ1n) is 6.44. The number of aryl methyl sites for hydroxylation is 1. The molecule has 4 nitrogen and oxygen atoms in total. The van der Waals surface area contributed by atoms with Crippen LogP contribution in [0.5, 0.6) is 0 Å². The third-order valence-corrected chi connectivity index (χ3v) is 4.57. The summed E-state index contributed by atoms with van der Waals surface area (Å²) >= 11 is 1.70. The lowest BCUT2D eigenvalue weighted by Gasteiger charge is -2.24. The van der Waals surface area contributed by atoms with Crippen molar-refractivity contribution in [3.63, 3.8) is 0 Å². The highest BCUT2D eigenvalue weighted by molar-refractivity contribution is 7.10. The minimum atomic E-state index is -0.324. The topological polar surface area (TPSA) is 55.2 Å². The highest BCUT2D eigenvalue weighted by Gasteiger charge is 2.23. The summed E-state index contributed by atoms with van der Waals surface area (Å²) in [5.41, 5.74) is 1.36. The Kier molecular flexibility index (Phi) is 4.09. The Morgan fingerprint density at radius 2 is 2.05 bits per heavy atom. The van der Waals surface area contributed by atoms with Crippen LogP contribution in [0.1, 0.15) is 24.3 Å². The Bertz CT molecular complexity index is 606. The average molecular weight is 290 g/mol. The van der Waals surface area contributed by atoms with Crippen LogP contribution in [0.4, 0.5) is 11.4 Å². The van der Waals surface area contributed by atoms with Crippen molar-refractivity contribution in [1.29, 1.82) is 0 Å². The first-order valence-corrected chi connectivity index (χ1v) is 7.31. The van der Waals surface area contributed by atoms with Crippen molar-refractivity contribution in [3.05, 3.63) is 56.3 Å². The number of nitro groups is 1. The second-order valence-corrected chi connectivity index (χ2v) is 6.39. The third-order valence-electron chi connectivity index (χ3n) is 3.33. The number of para-hydroxylation sites is 1. The van der Waals surface area contributed by atoms with Gasteiger partial charge in [-0.15, -0.1) is 11.3 Å². The number of nitro benzene ring substituents is 1. The molecule has 2 aromatic rings. The molecule has 0 amide bonds. The smallest absolute Gasteiger partial charge is 0.295 e. The highest BCUT2D eigenvalue weighted by atomic mass is 32.1. The van der Waals surface area contributed by atoms with Gasteiger partial charge in [-0.3, -0.25) is 10.1 Å². The molecule has 0 bridgehead atoms. The van der Waals surface area contributed by atoms with Gasteiger partial charge < -0.3 is 5.32 Å². The molecule has 0 saturated heterocycles. The van der Waals surface area contributed by atoms with Gasteiger partial charge in [0.15, 0.2) is 0 Å². The molecule has 5 heteroatoms. The molecule has 1 heterocycles. The number of benzene rings is 1. The molecule has 2 rings (SSSR count). The molecule has 1 aromatic heterocycles. The van der Waals surface area contributed by atoms with Gasteiger partial charge in [-0.2, -0.15) is 0 Å². The van der Waals surface area contributed by atoms with E-state index in [1.54, 1.807) is 30.4 Å². The van der Waals surface area contributed by atoms with Gasteiger partial charge in [0, 0.05) is 22.4 Å². The molecule has 1 N–H and O–H groups in total. The van der Waals surface area contributed by atoms with Crippen LogP contribution in [-0.4, -0.2) is 11.5 Å². The van der Waals surface area contributed by atoms with E-state index in [2.05, 4.69) is 25.2 Å². The first kappa shape index (κ1) is 14.5. The summed E-state index contributed by atoms with van der Waals surface area (Å²) in [5.74, 6) is 0. The molecule has 1 aromatic carbocycles. The number of hydrogen-bond donors (Lipinski definition) is 1. The van der Waals surface area contributed by atoms with Crippen molar-refractivity contribution in [2.75, 3.05) is 11.9 Å². The summed E-state index contributed by atoms with van der Waals surface area (Å²) in [6, 6.07) is 9.47. The van der Waals surface area contributed by atoms with Gasteiger partial charge in [-0.05, 0) is 24.4 Å². The van der Waals surface area contributed by atoms with Crippen LogP contribution in [0.25, 0.3) is 0 Å². The first-order chi connectivity index (χ1) is 9.42. The van der Waals surface area contributed by atoms with Crippen LogP contribution in [0, 0.1) is 17.0 Å². The molecular formula is C15H18N2O2S. The summed E-state index contributed by atoms with van der Waals surface area (Å²) in [6.45, 7) is 6.67. The minimum absolute atomic E-state index is 0.0637. The number of rotatable bonds is 5. The van der Waals surface area contributed by atoms with Crippen LogP contribution in [0.3, 0.4) is 0 Å². The van der Waals surface area contributed by atoms with E-state index in [1.807, 2.05) is 17.5 Å². The zero-order valence-electron chi connectivity index (χ0n) is 11.8. The fourth-order valence-electron chi connectivity index (χ4n) is 2.11. The summed E-state index contributed by atoms with van der Waals surface area (Å²) < 4.78 is 0. The molecule has 0 aliphatic rings. The summed E-state index contributed by atoms with van der Waals surface area (Å²) in [4.78, 5) is 12.1. The maximum Gasteiger partial charge on any atom is 0.295 e. The second kappa shape index (κ2) is 5.63. The van der Waals surface area contributed by atoms with Crippen LogP contribution >= 0.6 is 11.3 Å². The quantitative estimate of drug-likeness (QED) is 0.657. The Morgan fingerprint density at radius 1 is 1.30 bits per heavy atom. The highest BCUT2D eigenvalue weighted by Crippen LogP contribution is 2.31. The summed E-state index contributed by atoms with van der Waals surface area (Å²) in [6.07, 6.45) is 0. The van der Waals surface area contributed by atoms with Crippen molar-refractivity contribution in [2.45, 2.75) is 26.2 Å². The van der Waals surface area contributed by atoms with E-state index in [9.17, 15) is 10.1 Å². The molecule has 0 spiro atoms. The van der Waals surface area contributed by atoms with E-state index in [0.717, 1.165) is 0 Å². The lowest BCUT2D eigenvalue weighted by atomic mass is 9.91. The largest absolute Gasteiger partial charge is 0.379 e. The van der Waals surface area contributed by atoms with Gasteiger partial charge in [-0.1, -0.05) is 32.0 Å². The number of thiophene rings is 1. The van der Waals surface area contributed by atoms with Crippen molar-refractivity contribution >= 4 is 22.7 Å². The van der Waals surface area contributed by atoms with E-state index >= 15 is 0 Å². The molecular weight excluding hydrogens is 272 g/mol. The average Bonchev–Trinajstić information content (AvgIpc) is 2.90. The van der Waals surface area contributed by atoms with Crippen molar-refractivity contribution in [1.82, 2.24) is 0 Å². The van der Waals surface area contributed by atoms with Gasteiger partial charge in [0.25, 0.3) is 5.69 Å². The zero-order chi connectivity index (χ0) is 14.8. The van der Waals surface area contributed by atoms with Crippen molar-refractivity contribution in [2.24, 2.45) is 0 Å². The van der Waals surface area contributed by atoms with E-state index in [1.165, 1.54) is 4.88 Å². The van der Waals surface area contributed by atoms with Gasteiger partial charge in [0.05, 0.1) is 4.92 Å². The van der Waals surface area contributed by atoms with Gasteiger partial charge in [-0.25, -0.2) is 0 Å². The van der Waals surface area contributed by atoms with Crippen molar-refractivity contribution in [3.8, 4) is 0 Å². The van der Waals surface area contributed by atoms with E-state index < -0.39 is 0 Å². The Hall–Kier alpha value is -1.88. The SMILES string of the molecule is Cc1cccc(NCC(C)(C)c2cccs2)c1[N+](=O)[O-]. The maximum atomic E-state index is 11.2. The van der Waals surface area contributed by atoms with E-state index in [4.69, 9.17) is 0 Å². The molecule has 0 atom stereocenters. The molecule has 0 unspecified atom stereocenters. The Labute approximate surface area is 122 Å². The van der Waals surface area contributed by atoms with Gasteiger partial charge in [0.2, 0.25) is 0 Å². The number of nitrogens with one attached hydrogen (secondary N) is 1. The number of hydrogen-bond acceptors (Lipinski definition) is 4. The number of nitrogens with zero attached hydrogens (tertiary/aromatic N) is 1. The van der Waals surface area contributed by atoms with Crippen LogP contribution in [-0.2, 0) is 5.41 Å². The molecule has 0 aliphatic carbocycles. The van der Waals surface area contributed by atoms with Gasteiger partial charge >= 0.3 is 0 Å². The normalized spacial score (nSPS) is 11.3. The van der Waals surface area contributed by atoms with E-state index in [0.29, 0.717) is 17.8 Å². The second-order valence-electron chi connectivity index (χ2n) is 5.44. The van der Waals surface area contributed by atoms with Crippen LogP contribution < -0.4 is 5.32 Å².